The van der Waals surface area contributed by atoms with E-state index in [0.29, 0.717) is 51.1 Å². The molecule has 4 aromatic rings. The molecule has 2 N–H and O–H groups in total. The molecule has 0 radical (unpaired) electrons. The second kappa shape index (κ2) is 9.94. The van der Waals surface area contributed by atoms with E-state index in [1.807, 2.05) is 29.3 Å². The Morgan fingerprint density at radius 1 is 1.02 bits per heavy atom. The molecular weight excluding hydrogens is 537 g/mol. The van der Waals surface area contributed by atoms with Crippen molar-refractivity contribution in [1.29, 1.82) is 0 Å². The highest BCUT2D eigenvalue weighted by Crippen LogP contribution is 2.37. The van der Waals surface area contributed by atoms with Crippen LogP contribution in [0.15, 0.2) is 48.1 Å². The summed E-state index contributed by atoms with van der Waals surface area (Å²) in [7, 11) is 0. The van der Waals surface area contributed by atoms with Gasteiger partial charge < -0.3 is 15.2 Å². The number of piperazine rings is 1. The van der Waals surface area contributed by atoms with Gasteiger partial charge in [0, 0.05) is 67.7 Å². The number of amidine groups is 1. The topological polar surface area (TPSA) is 120 Å². The molecule has 1 saturated carbocycles. The number of alkyl halides is 3. The molecule has 1 amide bonds. The van der Waals surface area contributed by atoms with Gasteiger partial charge in [0.05, 0.1) is 24.5 Å². The van der Waals surface area contributed by atoms with Crippen LogP contribution in [0.25, 0.3) is 22.3 Å². The van der Waals surface area contributed by atoms with Crippen LogP contribution in [-0.4, -0.2) is 96.6 Å². The number of aliphatic imine (C=N–C) groups is 1. The molecule has 2 fully saturated rings. The minimum Gasteiger partial charge on any atom is -0.368 e. The third-order valence-corrected chi connectivity index (χ3v) is 8.09. The summed E-state index contributed by atoms with van der Waals surface area (Å²) in [5.74, 6) is -0.136. The number of fused-ring (bicyclic) bond motifs is 1. The Balaban J connectivity index is 0.974. The molecular formula is C27H27F3N10O. The Labute approximate surface area is 232 Å². The summed E-state index contributed by atoms with van der Waals surface area (Å²) in [5.41, 5.74) is 1.50. The lowest BCUT2D eigenvalue weighted by molar-refractivity contribution is -0.141. The summed E-state index contributed by atoms with van der Waals surface area (Å²) in [5, 5.41) is 8.51. The van der Waals surface area contributed by atoms with Gasteiger partial charge in [-0.1, -0.05) is 0 Å². The van der Waals surface area contributed by atoms with Crippen molar-refractivity contribution in [3.63, 3.8) is 0 Å². The molecule has 0 bridgehead atoms. The van der Waals surface area contributed by atoms with Gasteiger partial charge in [-0.2, -0.15) is 18.3 Å². The number of hydrogen-bond acceptors (Lipinski definition) is 8. The Morgan fingerprint density at radius 3 is 2.61 bits per heavy atom. The minimum atomic E-state index is -4.66. The minimum absolute atomic E-state index is 0.210. The first-order valence-corrected chi connectivity index (χ1v) is 13.6. The fourth-order valence-corrected chi connectivity index (χ4v) is 5.80. The molecule has 4 aromatic heterocycles. The van der Waals surface area contributed by atoms with Gasteiger partial charge >= 0.3 is 6.18 Å². The molecule has 6 heterocycles. The number of carbonyl (C=O) groups is 1. The normalized spacial score (nSPS) is 21.5. The third-order valence-electron chi connectivity index (χ3n) is 8.09. The van der Waals surface area contributed by atoms with Crippen LogP contribution < -0.4 is 5.32 Å². The number of carbonyl (C=O) groups excluding carboxylic acids is 1. The Morgan fingerprint density at radius 2 is 1.85 bits per heavy atom. The van der Waals surface area contributed by atoms with Gasteiger partial charge in [0.1, 0.15) is 29.2 Å². The summed E-state index contributed by atoms with van der Waals surface area (Å²) in [4.78, 5) is 36.8. The van der Waals surface area contributed by atoms with Crippen molar-refractivity contribution < 1.29 is 18.0 Å². The first-order chi connectivity index (χ1) is 19.8. The van der Waals surface area contributed by atoms with Crippen molar-refractivity contribution in [3.8, 4) is 11.3 Å². The molecule has 14 heteroatoms. The van der Waals surface area contributed by atoms with Crippen LogP contribution in [0.2, 0.25) is 0 Å². The van der Waals surface area contributed by atoms with Crippen LogP contribution in [-0.2, 0) is 6.18 Å². The van der Waals surface area contributed by atoms with Crippen LogP contribution in [0.4, 0.5) is 13.2 Å². The molecule has 3 aliphatic rings. The lowest BCUT2D eigenvalue weighted by atomic mass is 9.85. The SMILES string of the molecule is O=C(c1cc(C2=NCCN2)cc(C(F)(F)F)n1)N1CCN(C2CC(n3cc(-c4ncnc5[nH]ccc45)cn3)C2)CC1. The van der Waals surface area contributed by atoms with E-state index in [9.17, 15) is 18.0 Å². The van der Waals surface area contributed by atoms with Gasteiger partial charge in [-0.3, -0.25) is 19.4 Å². The van der Waals surface area contributed by atoms with Crippen LogP contribution in [0.3, 0.4) is 0 Å². The zero-order chi connectivity index (χ0) is 28.1. The molecule has 11 nitrogen and oxygen atoms in total. The summed E-state index contributed by atoms with van der Waals surface area (Å²) in [6.45, 7) is 3.19. The fraction of sp³-hybridized carbons (Fsp3) is 0.407. The van der Waals surface area contributed by atoms with E-state index < -0.39 is 17.8 Å². The average Bonchev–Trinajstić information content (AvgIpc) is 3.74. The highest BCUT2D eigenvalue weighted by molar-refractivity contribution is 6.02. The van der Waals surface area contributed by atoms with E-state index in [1.165, 1.54) is 6.07 Å². The molecule has 212 valence electrons. The maximum atomic E-state index is 13.5. The van der Waals surface area contributed by atoms with Crippen LogP contribution in [0, 0.1) is 0 Å². The van der Waals surface area contributed by atoms with Gasteiger partial charge in [-0.25, -0.2) is 15.0 Å². The van der Waals surface area contributed by atoms with Crippen LogP contribution in [0.5, 0.6) is 0 Å². The van der Waals surface area contributed by atoms with Crippen molar-refractivity contribution >= 4 is 22.8 Å². The van der Waals surface area contributed by atoms with Crippen molar-refractivity contribution in [3.05, 3.63) is 60.1 Å². The summed E-state index contributed by atoms with van der Waals surface area (Å²) in [6.07, 6.45) is 4.44. The zero-order valence-corrected chi connectivity index (χ0v) is 22.0. The molecule has 0 aromatic carbocycles. The van der Waals surface area contributed by atoms with Gasteiger partial charge in [0.15, 0.2) is 0 Å². The molecule has 0 atom stereocenters. The number of halogens is 3. The summed E-state index contributed by atoms with van der Waals surface area (Å²) >= 11 is 0. The number of rotatable bonds is 5. The highest BCUT2D eigenvalue weighted by Gasteiger charge is 2.38. The zero-order valence-electron chi connectivity index (χ0n) is 22.0. The molecule has 2 aliphatic heterocycles. The second-order valence-electron chi connectivity index (χ2n) is 10.6. The number of nitrogens with one attached hydrogen (secondary N) is 2. The number of amides is 1. The smallest absolute Gasteiger partial charge is 0.368 e. The molecule has 7 rings (SSSR count). The lowest BCUT2D eigenvalue weighted by Gasteiger charge is -2.46. The highest BCUT2D eigenvalue weighted by atomic mass is 19.4. The van der Waals surface area contributed by atoms with E-state index in [4.69, 9.17) is 0 Å². The van der Waals surface area contributed by atoms with E-state index in [-0.39, 0.29) is 17.3 Å². The fourth-order valence-electron chi connectivity index (χ4n) is 5.80. The second-order valence-corrected chi connectivity index (χ2v) is 10.6. The summed E-state index contributed by atoms with van der Waals surface area (Å²) in [6, 6.07) is 4.94. The summed E-state index contributed by atoms with van der Waals surface area (Å²) < 4.78 is 42.6. The van der Waals surface area contributed by atoms with Gasteiger partial charge in [0.25, 0.3) is 5.91 Å². The first kappa shape index (κ1) is 25.6. The Hall–Kier alpha value is -4.33. The number of nitrogens with zero attached hydrogens (tertiary/aromatic N) is 8. The van der Waals surface area contributed by atoms with Gasteiger partial charge in [-0.05, 0) is 31.0 Å². The standard InChI is InChI=1S/C27H27F3N10O/c28-27(29,30)22-10-16(24-32-3-4-33-24)9-21(37-22)26(41)39-7-5-38(6-8-39)18-11-19(12-18)40-14-17(13-36-40)23-20-1-2-31-25(20)35-15-34-23/h1-2,9-10,13-15,18-19H,3-8,11-12H2,(H,32,33)(H,31,34,35). The van der Waals surface area contributed by atoms with Crippen molar-refractivity contribution in [2.75, 3.05) is 39.3 Å². The maximum Gasteiger partial charge on any atom is 0.433 e. The molecule has 41 heavy (non-hydrogen) atoms. The third kappa shape index (κ3) is 4.81. The number of aromatic nitrogens is 6. The predicted molar refractivity (Wildman–Crippen MR) is 143 cm³/mol. The molecule has 1 aliphatic carbocycles. The van der Waals surface area contributed by atoms with Crippen molar-refractivity contribution in [2.45, 2.75) is 31.1 Å². The number of pyridine rings is 1. The van der Waals surface area contributed by atoms with Gasteiger partial charge in [0.2, 0.25) is 0 Å². The average molecular weight is 565 g/mol. The van der Waals surface area contributed by atoms with E-state index >= 15 is 0 Å². The molecule has 1 saturated heterocycles. The van der Waals surface area contributed by atoms with Crippen molar-refractivity contribution in [1.82, 2.24) is 44.8 Å². The van der Waals surface area contributed by atoms with Crippen molar-refractivity contribution in [2.24, 2.45) is 4.99 Å². The largest absolute Gasteiger partial charge is 0.433 e. The quantitative estimate of drug-likeness (QED) is 0.383. The first-order valence-electron chi connectivity index (χ1n) is 13.6. The molecule has 0 unspecified atom stereocenters. The van der Waals surface area contributed by atoms with Gasteiger partial charge in [-0.15, -0.1) is 0 Å². The maximum absolute atomic E-state index is 13.5. The number of aromatic amines is 1. The Kier molecular flexibility index (Phi) is 6.21. The monoisotopic (exact) mass is 564 g/mol. The predicted octanol–water partition coefficient (Wildman–Crippen LogP) is 2.75. The lowest BCUT2D eigenvalue weighted by Crippen LogP contribution is -2.55. The van der Waals surface area contributed by atoms with E-state index in [2.05, 4.69) is 40.2 Å². The Bertz CT molecular complexity index is 1630. The number of hydrogen-bond donors (Lipinski definition) is 2. The number of H-pyrrole nitrogens is 1. The van der Waals surface area contributed by atoms with Crippen LogP contribution in [0.1, 0.15) is 40.6 Å². The van der Waals surface area contributed by atoms with E-state index in [1.54, 1.807) is 11.2 Å². The molecule has 0 spiro atoms. The van der Waals surface area contributed by atoms with E-state index in [0.717, 1.165) is 41.2 Å². The van der Waals surface area contributed by atoms with Crippen LogP contribution >= 0.6 is 0 Å².